The average Bonchev–Trinajstić information content (AvgIpc) is 3.04. The first-order valence-electron chi connectivity index (χ1n) is 15.6. The standard InChI is InChI=1S/C38H39ClN2O5/c1-4-25-10-6-8-12-30(25)40-36(43)34-32(42)22-38(3,45)35(37(44)41-31-13-9-7-11-26(31)5-2)33(34)27-16-20-29(21-17-27)46-23-24-14-18-28(39)19-15-24/h6-21,33-35,45H,4-5,22-23H2,1-3H3,(H,40,43)(H,41,44). The Bertz CT molecular complexity index is 1700. The van der Waals surface area contributed by atoms with Crippen molar-refractivity contribution >= 4 is 40.6 Å². The van der Waals surface area contributed by atoms with E-state index < -0.39 is 41.0 Å². The molecule has 0 heterocycles. The van der Waals surface area contributed by atoms with Crippen molar-refractivity contribution in [1.82, 2.24) is 0 Å². The number of ether oxygens (including phenoxy) is 1. The van der Waals surface area contributed by atoms with Gasteiger partial charge in [0.15, 0.2) is 0 Å². The van der Waals surface area contributed by atoms with Gasteiger partial charge in [0.2, 0.25) is 11.8 Å². The Hall–Kier alpha value is -4.46. The summed E-state index contributed by atoms with van der Waals surface area (Å²) >= 11 is 6.00. The van der Waals surface area contributed by atoms with Crippen molar-refractivity contribution in [2.75, 3.05) is 10.6 Å². The van der Waals surface area contributed by atoms with Crippen molar-refractivity contribution in [3.63, 3.8) is 0 Å². The van der Waals surface area contributed by atoms with E-state index in [2.05, 4.69) is 10.6 Å². The topological polar surface area (TPSA) is 105 Å². The monoisotopic (exact) mass is 638 g/mol. The smallest absolute Gasteiger partial charge is 0.235 e. The van der Waals surface area contributed by atoms with Crippen LogP contribution >= 0.6 is 11.6 Å². The van der Waals surface area contributed by atoms with Gasteiger partial charge in [-0.2, -0.15) is 0 Å². The lowest BCUT2D eigenvalue weighted by Gasteiger charge is -2.44. The molecule has 0 aliphatic heterocycles. The van der Waals surface area contributed by atoms with Crippen molar-refractivity contribution < 1.29 is 24.2 Å². The van der Waals surface area contributed by atoms with Gasteiger partial charge >= 0.3 is 0 Å². The molecule has 4 aromatic carbocycles. The molecule has 1 fully saturated rings. The van der Waals surface area contributed by atoms with E-state index in [1.807, 2.05) is 68.4 Å². The third kappa shape index (κ3) is 7.33. The molecule has 0 aromatic heterocycles. The van der Waals surface area contributed by atoms with E-state index in [-0.39, 0.29) is 6.42 Å². The minimum Gasteiger partial charge on any atom is -0.489 e. The number of rotatable bonds is 10. The number of carbonyl (C=O) groups is 3. The zero-order valence-electron chi connectivity index (χ0n) is 26.3. The Morgan fingerprint density at radius 3 is 1.93 bits per heavy atom. The van der Waals surface area contributed by atoms with Gasteiger partial charge in [-0.1, -0.05) is 86.1 Å². The molecule has 4 unspecified atom stereocenters. The van der Waals surface area contributed by atoms with E-state index in [4.69, 9.17) is 16.3 Å². The average molecular weight is 639 g/mol. The summed E-state index contributed by atoms with van der Waals surface area (Å²) < 4.78 is 5.98. The fourth-order valence-corrected chi connectivity index (χ4v) is 6.47. The third-order valence-corrected chi connectivity index (χ3v) is 8.98. The summed E-state index contributed by atoms with van der Waals surface area (Å²) in [6.45, 7) is 5.80. The van der Waals surface area contributed by atoms with Crippen LogP contribution in [-0.4, -0.2) is 28.3 Å². The molecular weight excluding hydrogens is 600 g/mol. The van der Waals surface area contributed by atoms with Gasteiger partial charge in [0.1, 0.15) is 24.1 Å². The second-order valence-corrected chi connectivity index (χ2v) is 12.4. The maximum absolute atomic E-state index is 14.2. The maximum atomic E-state index is 14.2. The number of hydrogen-bond acceptors (Lipinski definition) is 5. The number of para-hydroxylation sites is 2. The van der Waals surface area contributed by atoms with E-state index in [1.165, 1.54) is 6.92 Å². The van der Waals surface area contributed by atoms with Crippen LogP contribution in [0, 0.1) is 11.8 Å². The van der Waals surface area contributed by atoms with Crippen LogP contribution in [0.2, 0.25) is 5.02 Å². The SMILES string of the molecule is CCc1ccccc1NC(=O)C1C(=O)CC(C)(O)C(C(=O)Nc2ccccc2CC)C1c1ccc(OCc2ccc(Cl)cc2)cc1. The molecule has 4 aromatic rings. The van der Waals surface area contributed by atoms with Gasteiger partial charge in [-0.3, -0.25) is 14.4 Å². The Balaban J connectivity index is 1.51. The third-order valence-electron chi connectivity index (χ3n) is 8.73. The first kappa shape index (κ1) is 32.9. The van der Waals surface area contributed by atoms with Gasteiger partial charge in [0.25, 0.3) is 0 Å². The zero-order valence-corrected chi connectivity index (χ0v) is 27.0. The van der Waals surface area contributed by atoms with E-state index in [1.54, 1.807) is 42.5 Å². The highest BCUT2D eigenvalue weighted by molar-refractivity contribution is 6.30. The molecule has 0 bridgehead atoms. The van der Waals surface area contributed by atoms with E-state index in [0.717, 1.165) is 16.7 Å². The molecule has 238 valence electrons. The number of hydrogen-bond donors (Lipinski definition) is 3. The molecule has 1 aliphatic rings. The Morgan fingerprint density at radius 2 is 1.37 bits per heavy atom. The van der Waals surface area contributed by atoms with Crippen molar-refractivity contribution in [2.24, 2.45) is 11.8 Å². The molecule has 1 saturated carbocycles. The summed E-state index contributed by atoms with van der Waals surface area (Å²) in [5.74, 6) is -4.12. The van der Waals surface area contributed by atoms with Crippen molar-refractivity contribution in [2.45, 2.75) is 58.2 Å². The molecule has 0 spiro atoms. The van der Waals surface area contributed by atoms with Crippen LogP contribution in [0.25, 0.3) is 0 Å². The molecule has 3 N–H and O–H groups in total. The lowest BCUT2D eigenvalue weighted by atomic mass is 9.61. The molecule has 4 atom stereocenters. The maximum Gasteiger partial charge on any atom is 0.235 e. The van der Waals surface area contributed by atoms with Gasteiger partial charge in [0.05, 0.1) is 11.5 Å². The number of anilines is 2. The highest BCUT2D eigenvalue weighted by Crippen LogP contribution is 2.47. The van der Waals surface area contributed by atoms with Crippen LogP contribution < -0.4 is 15.4 Å². The lowest BCUT2D eigenvalue weighted by Crippen LogP contribution is -2.56. The highest BCUT2D eigenvalue weighted by Gasteiger charge is 2.56. The first-order chi connectivity index (χ1) is 22.1. The van der Waals surface area contributed by atoms with E-state index in [9.17, 15) is 19.5 Å². The summed E-state index contributed by atoms with van der Waals surface area (Å²) in [5.41, 5.74) is 2.90. The number of benzene rings is 4. The number of halogens is 1. The molecule has 1 aliphatic carbocycles. The Kier molecular flexibility index (Phi) is 10.2. The zero-order chi connectivity index (χ0) is 32.8. The van der Waals surface area contributed by atoms with Gasteiger partial charge in [-0.25, -0.2) is 0 Å². The van der Waals surface area contributed by atoms with Gasteiger partial charge < -0.3 is 20.5 Å². The number of aryl methyl sites for hydroxylation is 2. The lowest BCUT2D eigenvalue weighted by molar-refractivity contribution is -0.150. The predicted molar refractivity (Wildman–Crippen MR) is 181 cm³/mol. The molecule has 7 nitrogen and oxygen atoms in total. The number of amides is 2. The molecule has 5 rings (SSSR count). The van der Waals surface area contributed by atoms with Crippen LogP contribution in [0.1, 0.15) is 55.4 Å². The molecule has 2 amide bonds. The summed E-state index contributed by atoms with van der Waals surface area (Å²) in [6, 6.07) is 29.3. The van der Waals surface area contributed by atoms with Gasteiger partial charge in [-0.05, 0) is 78.4 Å². The van der Waals surface area contributed by atoms with Crippen LogP contribution in [0.5, 0.6) is 5.75 Å². The molecule has 8 heteroatoms. The summed E-state index contributed by atoms with van der Waals surface area (Å²) in [6.07, 6.45) is 1.04. The fourth-order valence-electron chi connectivity index (χ4n) is 6.35. The Labute approximate surface area is 275 Å². The largest absolute Gasteiger partial charge is 0.489 e. The van der Waals surface area contributed by atoms with Crippen molar-refractivity contribution in [1.29, 1.82) is 0 Å². The fraction of sp³-hybridized carbons (Fsp3) is 0.289. The van der Waals surface area contributed by atoms with Crippen LogP contribution in [-0.2, 0) is 33.8 Å². The van der Waals surface area contributed by atoms with E-state index >= 15 is 0 Å². The van der Waals surface area contributed by atoms with E-state index in [0.29, 0.717) is 47.2 Å². The normalized spacial score (nSPS) is 21.0. The summed E-state index contributed by atoms with van der Waals surface area (Å²) in [4.78, 5) is 42.0. The number of aliphatic hydroxyl groups is 1. The molecule has 0 saturated heterocycles. The first-order valence-corrected chi connectivity index (χ1v) is 16.0. The summed E-state index contributed by atoms with van der Waals surface area (Å²) in [7, 11) is 0. The number of nitrogens with one attached hydrogen (secondary N) is 2. The van der Waals surface area contributed by atoms with Gasteiger partial charge in [0, 0.05) is 28.7 Å². The second-order valence-electron chi connectivity index (χ2n) is 12.0. The number of carbonyl (C=O) groups excluding carboxylic acids is 3. The van der Waals surface area contributed by atoms with Gasteiger partial charge in [-0.15, -0.1) is 0 Å². The minimum atomic E-state index is -1.71. The van der Waals surface area contributed by atoms with Crippen molar-refractivity contribution in [3.8, 4) is 5.75 Å². The quantitative estimate of drug-likeness (QED) is 0.157. The molecule has 0 radical (unpaired) electrons. The molecule has 46 heavy (non-hydrogen) atoms. The Morgan fingerprint density at radius 1 is 0.826 bits per heavy atom. The predicted octanol–water partition coefficient (Wildman–Crippen LogP) is 7.36. The number of Topliss-reactive ketones (excluding diaryl/α,β-unsaturated/α-hetero) is 1. The van der Waals surface area contributed by atoms with Crippen LogP contribution in [0.3, 0.4) is 0 Å². The van der Waals surface area contributed by atoms with Crippen LogP contribution in [0.4, 0.5) is 11.4 Å². The minimum absolute atomic E-state index is 0.316. The second kappa shape index (κ2) is 14.3. The molecular formula is C38H39ClN2O5. The van der Waals surface area contributed by atoms with Crippen LogP contribution in [0.15, 0.2) is 97.1 Å². The highest BCUT2D eigenvalue weighted by atomic mass is 35.5. The van der Waals surface area contributed by atoms with Crippen molar-refractivity contribution in [3.05, 3.63) is 124 Å². The summed E-state index contributed by atoms with van der Waals surface area (Å²) in [5, 5.41) is 18.3. The number of ketones is 1.